The third-order valence-electron chi connectivity index (χ3n) is 2.78. The van der Waals surface area contributed by atoms with E-state index in [0.29, 0.717) is 16.9 Å². The molecule has 0 aliphatic heterocycles. The van der Waals surface area contributed by atoms with Crippen LogP contribution in [0, 0.1) is 5.41 Å². The van der Waals surface area contributed by atoms with Crippen molar-refractivity contribution >= 4 is 40.9 Å². The minimum absolute atomic E-state index is 0. The minimum atomic E-state index is -4.41. The van der Waals surface area contributed by atoms with Crippen molar-refractivity contribution in [3.05, 3.63) is 59.2 Å². The molecule has 0 amide bonds. The van der Waals surface area contributed by atoms with E-state index in [0.717, 1.165) is 36.3 Å². The summed E-state index contributed by atoms with van der Waals surface area (Å²) in [7, 11) is 0. The number of pyridine rings is 2. The summed E-state index contributed by atoms with van der Waals surface area (Å²) in [5.74, 6) is 0.519. The second kappa shape index (κ2) is 12.8. The van der Waals surface area contributed by atoms with Crippen LogP contribution in [0.5, 0.6) is 0 Å². The van der Waals surface area contributed by atoms with Crippen molar-refractivity contribution in [2.45, 2.75) is 31.4 Å². The fourth-order valence-corrected chi connectivity index (χ4v) is 2.16. The molecule has 0 aliphatic carbocycles. The van der Waals surface area contributed by atoms with E-state index in [-0.39, 0.29) is 30.9 Å². The summed E-state index contributed by atoms with van der Waals surface area (Å²) in [5.41, 5.74) is 4.45. The average Bonchev–Trinajstić information content (AvgIpc) is 2.59. The fraction of sp³-hybridized carbons (Fsp3) is 0.312. The van der Waals surface area contributed by atoms with E-state index >= 15 is 0 Å². The van der Waals surface area contributed by atoms with Gasteiger partial charge in [0.2, 0.25) is 0 Å². The zero-order valence-corrected chi connectivity index (χ0v) is 16.2. The van der Waals surface area contributed by atoms with Crippen LogP contribution >= 0.6 is 35.8 Å². The molecule has 2 heterocycles. The van der Waals surface area contributed by atoms with E-state index in [1.54, 1.807) is 0 Å². The van der Waals surface area contributed by atoms with Gasteiger partial charge in [-0.15, -0.1) is 24.0 Å². The number of nitrogens with one attached hydrogen (secondary N) is 1. The second-order valence-corrected chi connectivity index (χ2v) is 6.17. The Morgan fingerprint density at radius 1 is 0.931 bits per heavy atom. The quantitative estimate of drug-likeness (QED) is 0.239. The van der Waals surface area contributed by atoms with Gasteiger partial charge in [-0.25, -0.2) is 0 Å². The predicted octanol–water partition coefficient (Wildman–Crippen LogP) is 6.12. The first-order valence-electron chi connectivity index (χ1n) is 7.00. The lowest BCUT2D eigenvalue weighted by Crippen LogP contribution is -2.08. The maximum absolute atomic E-state index is 12.1. The molecule has 2 aromatic rings. The first-order chi connectivity index (χ1) is 12.4. The molecule has 3 N–H and O–H groups in total. The lowest BCUT2D eigenvalue weighted by atomic mass is 10.3. The molecule has 0 aliphatic rings. The predicted molar refractivity (Wildman–Crippen MR) is 105 cm³/mol. The van der Waals surface area contributed by atoms with Crippen molar-refractivity contribution in [3.8, 4) is 0 Å². The maximum atomic E-state index is 12.1. The van der Waals surface area contributed by atoms with E-state index in [4.69, 9.17) is 22.7 Å². The number of aromatic nitrogens is 2. The minimum Gasteiger partial charge on any atom is -0.379 e. The molecule has 2 aromatic heterocycles. The van der Waals surface area contributed by atoms with E-state index in [1.807, 2.05) is 0 Å². The fourth-order valence-electron chi connectivity index (χ4n) is 1.51. The van der Waals surface area contributed by atoms with Gasteiger partial charge in [0.15, 0.2) is 5.17 Å². The van der Waals surface area contributed by atoms with Gasteiger partial charge in [0, 0.05) is 24.0 Å². The first-order valence-corrected chi connectivity index (χ1v) is 8.52. The van der Waals surface area contributed by atoms with Crippen LogP contribution in [0.3, 0.4) is 0 Å². The highest BCUT2D eigenvalue weighted by Crippen LogP contribution is 2.28. The third kappa shape index (κ3) is 11.1. The number of amidine groups is 1. The number of halogens is 8. The van der Waals surface area contributed by atoms with Gasteiger partial charge in [-0.2, -0.15) is 26.3 Å². The molecule has 0 fully saturated rings. The Hall–Kier alpha value is -1.72. The second-order valence-electron chi connectivity index (χ2n) is 4.89. The molecular weight excluding hydrogens is 465 g/mol. The number of nitrogens with zero attached hydrogens (tertiary/aromatic N) is 2. The molecule has 4 nitrogen and oxygen atoms in total. The summed E-state index contributed by atoms with van der Waals surface area (Å²) < 4.78 is 72.1. The average molecular weight is 483 g/mol. The van der Waals surface area contributed by atoms with Crippen molar-refractivity contribution in [1.82, 2.24) is 9.97 Å². The van der Waals surface area contributed by atoms with Gasteiger partial charge in [0.25, 0.3) is 0 Å². The number of nitrogens with two attached hydrogens (primary N) is 1. The Balaban J connectivity index is 0. The van der Waals surface area contributed by atoms with Crippen LogP contribution < -0.4 is 5.73 Å². The Morgan fingerprint density at radius 3 is 1.62 bits per heavy atom. The Kier molecular flexibility index (Phi) is 13.0. The van der Waals surface area contributed by atoms with Crippen LogP contribution in [-0.2, 0) is 24.0 Å². The molecule has 0 saturated heterocycles. The van der Waals surface area contributed by atoms with Crippen LogP contribution in [-0.4, -0.2) is 15.1 Å². The zero-order chi connectivity index (χ0) is 20.7. The number of rotatable bonds is 3. The van der Waals surface area contributed by atoms with Gasteiger partial charge in [-0.3, -0.25) is 15.4 Å². The molecular formula is C16H18Cl2F6N4S. The van der Waals surface area contributed by atoms with Crippen LogP contribution in [0.15, 0.2) is 36.7 Å². The van der Waals surface area contributed by atoms with Crippen molar-refractivity contribution < 1.29 is 26.3 Å². The summed E-state index contributed by atoms with van der Waals surface area (Å²) in [6.07, 6.45) is -6.52. The van der Waals surface area contributed by atoms with Crippen molar-refractivity contribution in [1.29, 1.82) is 5.41 Å². The SMILES string of the molecule is C.Cl.FC(F)(F)c1ccc(CCl)cn1.N=C(N)SCc1ccc(C(F)(F)F)nc1. The molecule has 0 unspecified atom stereocenters. The monoisotopic (exact) mass is 482 g/mol. The van der Waals surface area contributed by atoms with Gasteiger partial charge in [0.05, 0.1) is 0 Å². The molecule has 0 atom stereocenters. The summed E-state index contributed by atoms with van der Waals surface area (Å²) >= 11 is 6.41. The van der Waals surface area contributed by atoms with Crippen LogP contribution in [0.2, 0.25) is 0 Å². The molecule has 0 saturated carbocycles. The smallest absolute Gasteiger partial charge is 0.379 e. The van der Waals surface area contributed by atoms with Gasteiger partial charge in [0.1, 0.15) is 11.4 Å². The van der Waals surface area contributed by atoms with Crippen molar-refractivity contribution in [2.75, 3.05) is 0 Å². The number of thioether (sulfide) groups is 1. The Labute approximate surface area is 179 Å². The van der Waals surface area contributed by atoms with E-state index in [1.165, 1.54) is 12.1 Å². The maximum Gasteiger partial charge on any atom is 0.433 e. The standard InChI is InChI=1S/C8H8F3N3S.C7H5ClF3N.CH4.ClH/c9-8(10,11)6-2-1-5(3-14-6)4-15-7(12)13;8-3-5-1-2-6(12-4-5)7(9,10)11;;/h1-3H,4H2,(H3,12,13);1-2,4H,3H2;1H4;1H. The normalized spacial score (nSPS) is 10.7. The van der Waals surface area contributed by atoms with Crippen LogP contribution in [0.1, 0.15) is 29.9 Å². The van der Waals surface area contributed by atoms with Gasteiger partial charge >= 0.3 is 12.4 Å². The molecule has 0 radical (unpaired) electrons. The third-order valence-corrected chi connectivity index (χ3v) is 3.88. The molecule has 0 bridgehead atoms. The molecule has 29 heavy (non-hydrogen) atoms. The number of alkyl halides is 7. The van der Waals surface area contributed by atoms with Crippen molar-refractivity contribution in [2.24, 2.45) is 5.73 Å². The van der Waals surface area contributed by atoms with E-state index < -0.39 is 23.7 Å². The summed E-state index contributed by atoms with van der Waals surface area (Å²) in [6, 6.07) is 4.46. The van der Waals surface area contributed by atoms with Crippen molar-refractivity contribution in [3.63, 3.8) is 0 Å². The van der Waals surface area contributed by atoms with Gasteiger partial charge < -0.3 is 5.73 Å². The highest BCUT2D eigenvalue weighted by Gasteiger charge is 2.32. The lowest BCUT2D eigenvalue weighted by Gasteiger charge is -2.05. The molecule has 164 valence electrons. The Bertz CT molecular complexity index is 737. The van der Waals surface area contributed by atoms with Crippen LogP contribution in [0.25, 0.3) is 0 Å². The van der Waals surface area contributed by atoms with Gasteiger partial charge in [-0.1, -0.05) is 31.3 Å². The summed E-state index contributed by atoms with van der Waals surface area (Å²) in [4.78, 5) is 6.49. The summed E-state index contributed by atoms with van der Waals surface area (Å²) in [6.45, 7) is 0. The highest BCUT2D eigenvalue weighted by molar-refractivity contribution is 8.13. The van der Waals surface area contributed by atoms with E-state index in [2.05, 4.69) is 9.97 Å². The van der Waals surface area contributed by atoms with E-state index in [9.17, 15) is 26.3 Å². The zero-order valence-electron chi connectivity index (χ0n) is 13.8. The van der Waals surface area contributed by atoms with Gasteiger partial charge in [-0.05, 0) is 23.3 Å². The molecule has 2 rings (SSSR count). The molecule has 0 spiro atoms. The largest absolute Gasteiger partial charge is 0.433 e. The Morgan fingerprint density at radius 2 is 1.34 bits per heavy atom. The highest BCUT2D eigenvalue weighted by atomic mass is 35.5. The number of hydrogen-bond donors (Lipinski definition) is 2. The number of hydrogen-bond acceptors (Lipinski definition) is 4. The molecule has 0 aromatic carbocycles. The van der Waals surface area contributed by atoms with Crippen LogP contribution in [0.4, 0.5) is 26.3 Å². The topological polar surface area (TPSA) is 75.7 Å². The first kappa shape index (κ1) is 29.5. The summed E-state index contributed by atoms with van der Waals surface area (Å²) in [5, 5.41) is 6.85. The lowest BCUT2D eigenvalue weighted by molar-refractivity contribution is -0.142. The molecule has 13 heteroatoms.